The van der Waals surface area contributed by atoms with Crippen LogP contribution in [0.4, 0.5) is 0 Å². The minimum Gasteiger partial charge on any atom is -0.497 e. The van der Waals surface area contributed by atoms with Gasteiger partial charge >= 0.3 is 0 Å². The van der Waals surface area contributed by atoms with Gasteiger partial charge in [0, 0.05) is 37.0 Å². The minimum absolute atomic E-state index is 0. The van der Waals surface area contributed by atoms with E-state index in [4.69, 9.17) is 4.74 Å². The Bertz CT molecular complexity index is 614. The zero-order valence-electron chi connectivity index (χ0n) is 14.7. The number of rotatable bonds is 3. The van der Waals surface area contributed by atoms with Gasteiger partial charge in [-0.3, -0.25) is 9.69 Å². The van der Waals surface area contributed by atoms with Crippen LogP contribution in [0.3, 0.4) is 0 Å². The Morgan fingerprint density at radius 3 is 2.42 bits per heavy atom. The van der Waals surface area contributed by atoms with Gasteiger partial charge in [0.1, 0.15) is 5.75 Å². The van der Waals surface area contributed by atoms with E-state index >= 15 is 0 Å². The molecule has 3 atom stereocenters. The summed E-state index contributed by atoms with van der Waals surface area (Å²) >= 11 is 0. The summed E-state index contributed by atoms with van der Waals surface area (Å²) in [7, 11) is 3.91. The van der Waals surface area contributed by atoms with Crippen LogP contribution >= 0.6 is 12.4 Å². The number of hydrogen-bond donors (Lipinski definition) is 0. The number of amides is 1. The molecule has 2 heterocycles. The van der Waals surface area contributed by atoms with Crippen molar-refractivity contribution in [1.82, 2.24) is 9.80 Å². The highest BCUT2D eigenvalue weighted by Gasteiger charge is 2.52. The smallest absolute Gasteiger partial charge is 0.228 e. The zero-order valence-corrected chi connectivity index (χ0v) is 15.5. The van der Waals surface area contributed by atoms with Crippen molar-refractivity contribution < 1.29 is 9.53 Å². The van der Waals surface area contributed by atoms with Crippen LogP contribution < -0.4 is 4.74 Å². The first kappa shape index (κ1) is 17.6. The molecule has 0 bridgehead atoms. The van der Waals surface area contributed by atoms with Crippen molar-refractivity contribution in [1.29, 1.82) is 0 Å². The molecular weight excluding hydrogens is 324 g/mol. The third-order valence-electron chi connectivity index (χ3n) is 6.16. The molecule has 0 N–H and O–H groups in total. The van der Waals surface area contributed by atoms with Crippen molar-refractivity contribution in [2.75, 3.05) is 33.8 Å². The molecule has 1 aromatic rings. The maximum atomic E-state index is 12.7. The van der Waals surface area contributed by atoms with Gasteiger partial charge < -0.3 is 9.64 Å². The quantitative estimate of drug-likeness (QED) is 0.840. The number of nitrogens with zero attached hydrogens (tertiary/aromatic N) is 2. The molecule has 4 nitrogen and oxygen atoms in total. The number of carbonyl (C=O) groups excluding carboxylic acids is 1. The number of halogens is 1. The molecule has 5 heteroatoms. The number of hydrogen-bond acceptors (Lipinski definition) is 3. The van der Waals surface area contributed by atoms with Gasteiger partial charge in [-0.15, -0.1) is 12.4 Å². The first-order chi connectivity index (χ1) is 11.0. The maximum absolute atomic E-state index is 12.7. The van der Waals surface area contributed by atoms with Gasteiger partial charge in [0.2, 0.25) is 5.91 Å². The van der Waals surface area contributed by atoms with Crippen LogP contribution in [0.15, 0.2) is 24.3 Å². The van der Waals surface area contributed by atoms with Gasteiger partial charge in [0.15, 0.2) is 0 Å². The van der Waals surface area contributed by atoms with Gasteiger partial charge in [-0.25, -0.2) is 0 Å². The largest absolute Gasteiger partial charge is 0.497 e. The van der Waals surface area contributed by atoms with Crippen LogP contribution in [-0.2, 0) is 4.79 Å². The van der Waals surface area contributed by atoms with E-state index < -0.39 is 0 Å². The predicted molar refractivity (Wildman–Crippen MR) is 96.5 cm³/mol. The second-order valence-electron chi connectivity index (χ2n) is 7.85. The highest BCUT2D eigenvalue weighted by atomic mass is 35.5. The molecule has 0 aromatic heterocycles. The Balaban J connectivity index is 0.00000169. The van der Waals surface area contributed by atoms with E-state index in [1.54, 1.807) is 7.11 Å². The highest BCUT2D eigenvalue weighted by Crippen LogP contribution is 2.50. The average molecular weight is 351 g/mol. The molecular formula is C19H27ClN2O2. The standard InChI is InChI=1S/C19H26N2O2.ClH/c1-19(8-9-19)18(22)21-11-14-10-20(2)17(16(14)12-21)13-4-6-15(23-3)7-5-13;/h4-7,14,16-17H,8-12H2,1-3H3;1H/t14-,16+,17-;/m0./s1. The number of methoxy groups -OCH3 is 1. The van der Waals surface area contributed by atoms with Crippen LogP contribution in [0.5, 0.6) is 5.75 Å². The summed E-state index contributed by atoms with van der Waals surface area (Å²) in [6.45, 7) is 5.06. The van der Waals surface area contributed by atoms with Crippen molar-refractivity contribution in [3.05, 3.63) is 29.8 Å². The summed E-state index contributed by atoms with van der Waals surface area (Å²) in [5.41, 5.74) is 1.30. The lowest BCUT2D eigenvalue weighted by molar-refractivity contribution is -0.135. The molecule has 0 radical (unpaired) electrons. The lowest BCUT2D eigenvalue weighted by Gasteiger charge is -2.28. The molecule has 3 aliphatic rings. The zero-order chi connectivity index (χ0) is 16.2. The van der Waals surface area contributed by atoms with Gasteiger partial charge in [0.05, 0.1) is 7.11 Å². The molecule has 0 unspecified atom stereocenters. The molecule has 2 saturated heterocycles. The van der Waals surface area contributed by atoms with Gasteiger partial charge in [-0.2, -0.15) is 0 Å². The third-order valence-corrected chi connectivity index (χ3v) is 6.16. The van der Waals surface area contributed by atoms with E-state index in [1.807, 2.05) is 12.1 Å². The summed E-state index contributed by atoms with van der Waals surface area (Å²) in [4.78, 5) is 17.3. The number of benzene rings is 1. The van der Waals surface area contributed by atoms with Crippen molar-refractivity contribution in [3.63, 3.8) is 0 Å². The number of carbonyl (C=O) groups is 1. The Kier molecular flexibility index (Phi) is 4.56. The molecule has 0 spiro atoms. The highest BCUT2D eigenvalue weighted by molar-refractivity contribution is 5.85. The van der Waals surface area contributed by atoms with Crippen molar-refractivity contribution in [2.24, 2.45) is 17.3 Å². The van der Waals surface area contributed by atoms with Crippen LogP contribution in [0.2, 0.25) is 0 Å². The third kappa shape index (κ3) is 2.80. The van der Waals surface area contributed by atoms with Gasteiger partial charge in [-0.05, 0) is 43.5 Å². The molecule has 1 amide bonds. The lowest BCUT2D eigenvalue weighted by atomic mass is 9.89. The van der Waals surface area contributed by atoms with Crippen LogP contribution in [0, 0.1) is 17.3 Å². The molecule has 3 fully saturated rings. The summed E-state index contributed by atoms with van der Waals surface area (Å²) in [5, 5.41) is 0. The Labute approximate surface area is 150 Å². The fraction of sp³-hybridized carbons (Fsp3) is 0.632. The summed E-state index contributed by atoms with van der Waals surface area (Å²) in [6.07, 6.45) is 2.14. The Morgan fingerprint density at radius 1 is 1.17 bits per heavy atom. The Morgan fingerprint density at radius 2 is 1.83 bits per heavy atom. The van der Waals surface area contributed by atoms with E-state index in [0.717, 1.165) is 38.2 Å². The minimum atomic E-state index is -0.0415. The fourth-order valence-electron chi connectivity index (χ4n) is 4.51. The maximum Gasteiger partial charge on any atom is 0.228 e. The molecule has 1 saturated carbocycles. The fourth-order valence-corrected chi connectivity index (χ4v) is 4.51. The van der Waals surface area contributed by atoms with E-state index in [0.29, 0.717) is 23.8 Å². The van der Waals surface area contributed by atoms with E-state index in [2.05, 4.69) is 35.9 Å². The summed E-state index contributed by atoms with van der Waals surface area (Å²) < 4.78 is 5.27. The van der Waals surface area contributed by atoms with Crippen LogP contribution in [0.1, 0.15) is 31.4 Å². The Hall–Kier alpha value is -1.26. The number of fused-ring (bicyclic) bond motifs is 1. The molecule has 24 heavy (non-hydrogen) atoms. The second-order valence-corrected chi connectivity index (χ2v) is 7.85. The number of ether oxygens (including phenoxy) is 1. The van der Waals surface area contributed by atoms with Crippen molar-refractivity contribution in [2.45, 2.75) is 25.8 Å². The number of likely N-dealkylation sites (tertiary alicyclic amines) is 2. The van der Waals surface area contributed by atoms with E-state index in [9.17, 15) is 4.79 Å². The lowest BCUT2D eigenvalue weighted by Crippen LogP contribution is -2.37. The second kappa shape index (κ2) is 6.23. The monoisotopic (exact) mass is 350 g/mol. The van der Waals surface area contributed by atoms with Crippen molar-refractivity contribution in [3.8, 4) is 5.75 Å². The molecule has 2 aliphatic heterocycles. The van der Waals surface area contributed by atoms with Crippen LogP contribution in [0.25, 0.3) is 0 Å². The topological polar surface area (TPSA) is 32.8 Å². The summed E-state index contributed by atoms with van der Waals surface area (Å²) in [5.74, 6) is 2.46. The molecule has 132 valence electrons. The first-order valence-electron chi connectivity index (χ1n) is 8.65. The predicted octanol–water partition coefficient (Wildman–Crippen LogP) is 2.98. The first-order valence-corrected chi connectivity index (χ1v) is 8.65. The molecule has 1 aromatic carbocycles. The van der Waals surface area contributed by atoms with Crippen molar-refractivity contribution >= 4 is 18.3 Å². The summed E-state index contributed by atoms with van der Waals surface area (Å²) in [6, 6.07) is 8.85. The van der Waals surface area contributed by atoms with Gasteiger partial charge in [0.25, 0.3) is 0 Å². The van der Waals surface area contributed by atoms with Gasteiger partial charge in [-0.1, -0.05) is 19.1 Å². The van der Waals surface area contributed by atoms with E-state index in [1.165, 1.54) is 5.56 Å². The van der Waals surface area contributed by atoms with Crippen LogP contribution in [-0.4, -0.2) is 49.5 Å². The SMILES string of the molecule is COc1ccc([C@H]2[C@@H]3CN(C(=O)C4(C)CC4)C[C@@H]3CN2C)cc1.Cl. The molecule has 1 aliphatic carbocycles. The van der Waals surface area contributed by atoms with E-state index in [-0.39, 0.29) is 17.8 Å². The molecule has 4 rings (SSSR count). The normalized spacial score (nSPS) is 30.6. The average Bonchev–Trinajstić information content (AvgIpc) is 3.06.